The van der Waals surface area contributed by atoms with Crippen LogP contribution in [0, 0.1) is 13.8 Å². The van der Waals surface area contributed by atoms with Crippen molar-refractivity contribution >= 4 is 39.3 Å². The van der Waals surface area contributed by atoms with Crippen molar-refractivity contribution in [1.29, 1.82) is 0 Å². The van der Waals surface area contributed by atoms with Gasteiger partial charge in [-0.25, -0.2) is 4.90 Å². The molecule has 0 atom stereocenters. The molecule has 1 aliphatic rings. The van der Waals surface area contributed by atoms with E-state index in [0.717, 1.165) is 66.3 Å². The fourth-order valence-corrected chi connectivity index (χ4v) is 8.47. The van der Waals surface area contributed by atoms with Crippen LogP contribution < -0.4 is 4.90 Å². The van der Waals surface area contributed by atoms with E-state index < -0.39 is 0 Å². The predicted molar refractivity (Wildman–Crippen MR) is 230 cm³/mol. The predicted octanol–water partition coefficient (Wildman–Crippen LogP) is 12.9. The first kappa shape index (κ1) is 33.3. The summed E-state index contributed by atoms with van der Waals surface area (Å²) in [5.74, 6) is -0.677. The van der Waals surface area contributed by atoms with Gasteiger partial charge in [0, 0.05) is 16.3 Å². The Morgan fingerprint density at radius 2 is 0.875 bits per heavy atom. The third kappa shape index (κ3) is 5.30. The van der Waals surface area contributed by atoms with Crippen LogP contribution in [-0.2, 0) is 0 Å². The molecule has 9 aromatic rings. The van der Waals surface area contributed by atoms with Crippen LogP contribution in [0.4, 0.5) is 5.69 Å². The van der Waals surface area contributed by atoms with Crippen LogP contribution >= 0.6 is 0 Å². The fourth-order valence-electron chi connectivity index (χ4n) is 8.47. The molecule has 1 aromatic heterocycles. The van der Waals surface area contributed by atoms with Gasteiger partial charge in [0.1, 0.15) is 0 Å². The summed E-state index contributed by atoms with van der Waals surface area (Å²) in [7, 11) is 0. The molecule has 56 heavy (non-hydrogen) atoms. The third-order valence-electron chi connectivity index (χ3n) is 11.2. The smallest absolute Gasteiger partial charge is 0.268 e. The number of nitrogens with zero attached hydrogens (tertiary/aromatic N) is 2. The average Bonchev–Trinajstić information content (AvgIpc) is 3.70. The highest BCUT2D eigenvalue weighted by Gasteiger charge is 2.40. The summed E-state index contributed by atoms with van der Waals surface area (Å²) in [6.45, 7) is 4.26. The summed E-state index contributed by atoms with van der Waals surface area (Å²) in [6, 6.07) is 61.7. The van der Waals surface area contributed by atoms with Gasteiger partial charge in [-0.15, -0.1) is 0 Å². The van der Waals surface area contributed by atoms with Gasteiger partial charge in [0.2, 0.25) is 0 Å². The molecule has 2 heterocycles. The Kier molecular flexibility index (Phi) is 7.86. The molecule has 10 rings (SSSR count). The van der Waals surface area contributed by atoms with Gasteiger partial charge in [-0.05, 0) is 100 Å². The summed E-state index contributed by atoms with van der Waals surface area (Å²) < 4.78 is 2.19. The average molecular weight is 721 g/mol. The molecule has 0 saturated heterocycles. The van der Waals surface area contributed by atoms with E-state index in [1.54, 1.807) is 6.07 Å². The molecule has 0 radical (unpaired) electrons. The Morgan fingerprint density at radius 1 is 0.357 bits per heavy atom. The molecule has 0 spiro atoms. The van der Waals surface area contributed by atoms with Gasteiger partial charge >= 0.3 is 0 Å². The fraction of sp³-hybridized carbons (Fsp3) is 0.0385. The number of aromatic nitrogens is 1. The number of amides is 2. The van der Waals surface area contributed by atoms with E-state index in [1.165, 1.54) is 16.0 Å². The summed E-state index contributed by atoms with van der Waals surface area (Å²) in [6.07, 6.45) is 0. The van der Waals surface area contributed by atoms with Crippen LogP contribution in [-0.4, -0.2) is 16.4 Å². The Morgan fingerprint density at radius 3 is 1.46 bits per heavy atom. The minimum atomic E-state index is -0.342. The highest BCUT2D eigenvalue weighted by Crippen LogP contribution is 2.43. The molecule has 0 N–H and O–H groups in total. The lowest BCUT2D eigenvalue weighted by atomic mass is 9.97. The topological polar surface area (TPSA) is 42.3 Å². The molecule has 0 bridgehead atoms. The third-order valence-corrected chi connectivity index (χ3v) is 11.2. The van der Waals surface area contributed by atoms with E-state index in [0.29, 0.717) is 22.5 Å². The molecule has 4 heteroatoms. The lowest BCUT2D eigenvalue weighted by molar-refractivity contribution is 0.0926. The number of anilines is 1. The summed E-state index contributed by atoms with van der Waals surface area (Å²) in [4.78, 5) is 31.1. The molecular weight excluding hydrogens is 685 g/mol. The van der Waals surface area contributed by atoms with Crippen molar-refractivity contribution < 1.29 is 9.59 Å². The lowest BCUT2D eigenvalue weighted by Gasteiger charge is -2.20. The van der Waals surface area contributed by atoms with Crippen molar-refractivity contribution in [2.45, 2.75) is 13.8 Å². The lowest BCUT2D eigenvalue weighted by Crippen LogP contribution is -2.30. The number of aryl methyl sites for hydroxylation is 2. The molecule has 4 nitrogen and oxygen atoms in total. The molecule has 2 amide bonds. The van der Waals surface area contributed by atoms with Crippen molar-refractivity contribution in [2.24, 2.45) is 0 Å². The van der Waals surface area contributed by atoms with Crippen LogP contribution in [0.3, 0.4) is 0 Å². The second kappa shape index (κ2) is 13.2. The number of carbonyl (C=O) groups excluding carboxylic acids is 2. The maximum atomic E-state index is 15.1. The van der Waals surface area contributed by atoms with Gasteiger partial charge in [-0.1, -0.05) is 146 Å². The van der Waals surface area contributed by atoms with E-state index in [9.17, 15) is 4.79 Å². The first-order valence-corrected chi connectivity index (χ1v) is 18.9. The van der Waals surface area contributed by atoms with Crippen molar-refractivity contribution in [1.82, 2.24) is 4.57 Å². The zero-order valence-corrected chi connectivity index (χ0v) is 31.0. The molecule has 0 fully saturated rings. The number of imide groups is 1. The van der Waals surface area contributed by atoms with Gasteiger partial charge in [0.15, 0.2) is 0 Å². The minimum Gasteiger partial charge on any atom is -0.308 e. The van der Waals surface area contributed by atoms with E-state index >= 15 is 4.79 Å². The summed E-state index contributed by atoms with van der Waals surface area (Å²) in [5.41, 5.74) is 14.6. The maximum Gasteiger partial charge on any atom is 0.268 e. The van der Waals surface area contributed by atoms with E-state index in [4.69, 9.17) is 0 Å². The zero-order chi connectivity index (χ0) is 37.9. The van der Waals surface area contributed by atoms with Crippen LogP contribution in [0.25, 0.3) is 72.0 Å². The van der Waals surface area contributed by atoms with E-state index in [-0.39, 0.29) is 11.8 Å². The second-order valence-electron chi connectivity index (χ2n) is 14.5. The van der Waals surface area contributed by atoms with E-state index in [2.05, 4.69) is 122 Å². The Labute approximate surface area is 325 Å². The van der Waals surface area contributed by atoms with Gasteiger partial charge in [0.05, 0.1) is 33.5 Å². The Bertz CT molecular complexity index is 2930. The monoisotopic (exact) mass is 720 g/mol. The van der Waals surface area contributed by atoms with Crippen LogP contribution in [0.15, 0.2) is 182 Å². The van der Waals surface area contributed by atoms with Crippen molar-refractivity contribution in [3.63, 3.8) is 0 Å². The largest absolute Gasteiger partial charge is 0.308 e. The highest BCUT2D eigenvalue weighted by molar-refractivity contribution is 6.36. The number of carbonyl (C=O) groups is 2. The first-order chi connectivity index (χ1) is 27.5. The summed E-state index contributed by atoms with van der Waals surface area (Å²) >= 11 is 0. The van der Waals surface area contributed by atoms with Crippen LogP contribution in [0.1, 0.15) is 31.8 Å². The first-order valence-electron chi connectivity index (χ1n) is 18.9. The van der Waals surface area contributed by atoms with Crippen LogP contribution in [0.5, 0.6) is 0 Å². The number of benzene rings is 8. The number of rotatable bonds is 6. The van der Waals surface area contributed by atoms with Gasteiger partial charge < -0.3 is 4.57 Å². The van der Waals surface area contributed by atoms with E-state index in [1.807, 2.05) is 72.8 Å². The molecule has 266 valence electrons. The van der Waals surface area contributed by atoms with Crippen LogP contribution in [0.2, 0.25) is 0 Å². The van der Waals surface area contributed by atoms with Gasteiger partial charge in [0.25, 0.3) is 11.8 Å². The van der Waals surface area contributed by atoms with Gasteiger partial charge in [-0.3, -0.25) is 9.59 Å². The molecule has 0 aliphatic carbocycles. The Balaban J connectivity index is 1.20. The SMILES string of the molecule is Cc1ccccc1-c1ccc2c3ccc(-c4ccccc4C)cc3n(-c3cccc4c3C(=O)N(c3ccc(-c5ccccc5)cc3-c3ccccc3)C4=O)c2c1. The number of hydrogen-bond acceptors (Lipinski definition) is 2. The van der Waals surface area contributed by atoms with Crippen molar-refractivity contribution in [2.75, 3.05) is 4.90 Å². The molecule has 0 unspecified atom stereocenters. The normalized spacial score (nSPS) is 12.5. The molecule has 8 aromatic carbocycles. The number of hydrogen-bond donors (Lipinski definition) is 0. The quantitative estimate of drug-likeness (QED) is 0.161. The summed E-state index contributed by atoms with van der Waals surface area (Å²) in [5, 5.41) is 2.14. The van der Waals surface area contributed by atoms with Gasteiger partial charge in [-0.2, -0.15) is 0 Å². The number of fused-ring (bicyclic) bond motifs is 4. The standard InChI is InChI=1S/C52H36N2O2/c1-33-14-9-11-20-40(33)38-24-27-42-43-28-25-39(41-21-12-10-15-34(41)2)32-49(43)53(48(42)31-38)47-23-13-22-44-50(47)52(56)54(51(44)55)46-29-26-37(35-16-5-3-6-17-35)30-45(46)36-18-7-4-8-19-36/h3-32H,1-2H3. The molecular formula is C52H36N2O2. The van der Waals surface area contributed by atoms with Crippen molar-refractivity contribution in [3.05, 3.63) is 204 Å². The molecule has 1 aliphatic heterocycles. The minimum absolute atomic E-state index is 0.335. The molecule has 0 saturated carbocycles. The van der Waals surface area contributed by atoms with Crippen molar-refractivity contribution in [3.8, 4) is 50.2 Å². The second-order valence-corrected chi connectivity index (χ2v) is 14.5. The zero-order valence-electron chi connectivity index (χ0n) is 31.0. The Hall–Kier alpha value is -7.30. The maximum absolute atomic E-state index is 15.1. The highest BCUT2D eigenvalue weighted by atomic mass is 16.2.